The highest BCUT2D eigenvalue weighted by Crippen LogP contribution is 2.00. The summed E-state index contributed by atoms with van der Waals surface area (Å²) < 4.78 is 9.94. The van der Waals surface area contributed by atoms with Crippen LogP contribution in [0.15, 0.2) is 0 Å². The molecule has 0 heterocycles. The highest BCUT2D eigenvalue weighted by molar-refractivity contribution is 6.55. The van der Waals surface area contributed by atoms with Gasteiger partial charge in [0.2, 0.25) is 0 Å². The van der Waals surface area contributed by atoms with Gasteiger partial charge in [-0.15, -0.1) is 0 Å². The quantitative estimate of drug-likeness (QED) is 0.383. The molecule has 0 rings (SSSR count). The average molecular weight is 262 g/mol. The lowest BCUT2D eigenvalue weighted by molar-refractivity contribution is 0.0554. The number of carbonyl (C=O) groups is 1. The molecule has 0 bridgehead atoms. The second kappa shape index (κ2) is 9.90. The number of carbonyl (C=O) groups excluding carboxylic acids is 1. The first kappa shape index (κ1) is 15.7. The van der Waals surface area contributed by atoms with Gasteiger partial charge in [0.15, 0.2) is 0 Å². The van der Waals surface area contributed by atoms with E-state index in [1.54, 1.807) is 0 Å². The molecule has 0 fully saturated rings. The fraction of sp³-hybridized carbons (Fsp3) is 0.909. The summed E-state index contributed by atoms with van der Waals surface area (Å²) in [7, 11) is -1.000. The lowest BCUT2D eigenvalue weighted by atomic mass is 10.5. The smallest absolute Gasteiger partial charge is 0.434 e. The van der Waals surface area contributed by atoms with Gasteiger partial charge in [0, 0.05) is 17.6 Å². The van der Waals surface area contributed by atoms with Crippen molar-refractivity contribution in [1.82, 2.24) is 0 Å². The molecular formula is C11H26O3Si2. The standard InChI is InChI=1S/C11H26O3Si2/c1-15(2)9-5-7-13-11(12)14-8-6-10-16(3)4/h15-16H,5-10H2,1-4H3. The highest BCUT2D eigenvalue weighted by Gasteiger charge is 2.04. The predicted molar refractivity (Wildman–Crippen MR) is 73.9 cm³/mol. The molecule has 0 aromatic heterocycles. The molecule has 0 saturated heterocycles. The Balaban J connectivity index is 3.25. The zero-order valence-electron chi connectivity index (χ0n) is 11.1. The summed E-state index contributed by atoms with van der Waals surface area (Å²) in [5, 5.41) is 0. The summed E-state index contributed by atoms with van der Waals surface area (Å²) in [6.07, 6.45) is 1.48. The third-order valence-corrected chi connectivity index (χ3v) is 5.42. The second-order valence-corrected chi connectivity index (χ2v) is 11.7. The first-order chi connectivity index (χ1) is 7.52. The van der Waals surface area contributed by atoms with E-state index >= 15 is 0 Å². The number of hydrogen-bond donors (Lipinski definition) is 0. The second-order valence-electron chi connectivity index (χ2n) is 5.02. The van der Waals surface area contributed by atoms with Crippen LogP contribution in [0, 0.1) is 0 Å². The maximum atomic E-state index is 11.1. The van der Waals surface area contributed by atoms with Gasteiger partial charge in [-0.25, -0.2) is 4.79 Å². The van der Waals surface area contributed by atoms with Gasteiger partial charge in [-0.05, 0) is 12.8 Å². The van der Waals surface area contributed by atoms with Gasteiger partial charge in [-0.1, -0.05) is 38.3 Å². The van der Waals surface area contributed by atoms with E-state index in [0.29, 0.717) is 13.2 Å². The Morgan fingerprint density at radius 3 is 1.56 bits per heavy atom. The molecule has 16 heavy (non-hydrogen) atoms. The van der Waals surface area contributed by atoms with Gasteiger partial charge in [0.05, 0.1) is 13.2 Å². The van der Waals surface area contributed by atoms with Crippen molar-refractivity contribution in [3.8, 4) is 0 Å². The SMILES string of the molecule is C[SiH](C)CCCOC(=O)OCCC[SiH](C)C. The Morgan fingerprint density at radius 1 is 0.875 bits per heavy atom. The van der Waals surface area contributed by atoms with Gasteiger partial charge in [0.25, 0.3) is 0 Å². The number of rotatable bonds is 8. The Kier molecular flexibility index (Phi) is 9.71. The number of hydrogen-bond acceptors (Lipinski definition) is 3. The molecule has 0 amide bonds. The molecule has 0 aromatic rings. The van der Waals surface area contributed by atoms with Gasteiger partial charge in [0.1, 0.15) is 0 Å². The first-order valence-electron chi connectivity index (χ1n) is 6.32. The third kappa shape index (κ3) is 11.8. The summed E-state index contributed by atoms with van der Waals surface area (Å²) >= 11 is 0. The maximum absolute atomic E-state index is 11.1. The molecule has 0 atom stereocenters. The third-order valence-electron chi connectivity index (χ3n) is 2.29. The van der Waals surface area contributed by atoms with Gasteiger partial charge < -0.3 is 9.47 Å². The van der Waals surface area contributed by atoms with E-state index in [4.69, 9.17) is 9.47 Å². The zero-order chi connectivity index (χ0) is 12.4. The molecule has 3 nitrogen and oxygen atoms in total. The van der Waals surface area contributed by atoms with Crippen LogP contribution in [0.3, 0.4) is 0 Å². The Morgan fingerprint density at radius 2 is 1.25 bits per heavy atom. The summed E-state index contributed by atoms with van der Waals surface area (Å²) in [6.45, 7) is 10.2. The van der Waals surface area contributed by atoms with E-state index in [0.717, 1.165) is 12.8 Å². The van der Waals surface area contributed by atoms with Crippen LogP contribution in [-0.4, -0.2) is 37.0 Å². The summed E-state index contributed by atoms with van der Waals surface area (Å²) in [6, 6.07) is 2.46. The normalized spacial score (nSPS) is 10.9. The summed E-state index contributed by atoms with van der Waals surface area (Å²) in [5.41, 5.74) is 0. The van der Waals surface area contributed by atoms with E-state index in [2.05, 4.69) is 26.2 Å². The highest BCUT2D eigenvalue weighted by atomic mass is 28.3. The van der Waals surface area contributed by atoms with Crippen molar-refractivity contribution in [2.45, 2.75) is 51.1 Å². The molecule has 0 aliphatic rings. The minimum atomic E-state index is -0.500. The monoisotopic (exact) mass is 262 g/mol. The van der Waals surface area contributed by atoms with Crippen LogP contribution >= 0.6 is 0 Å². The molecule has 96 valence electrons. The van der Waals surface area contributed by atoms with Gasteiger partial charge in [-0.2, -0.15) is 0 Å². The van der Waals surface area contributed by atoms with E-state index in [1.165, 1.54) is 12.1 Å². The summed E-state index contributed by atoms with van der Waals surface area (Å²) in [5.74, 6) is 0. The summed E-state index contributed by atoms with van der Waals surface area (Å²) in [4.78, 5) is 11.1. The molecule has 0 saturated carbocycles. The van der Waals surface area contributed by atoms with E-state index in [-0.39, 0.29) is 0 Å². The zero-order valence-corrected chi connectivity index (χ0v) is 13.4. The fourth-order valence-electron chi connectivity index (χ4n) is 1.34. The molecule has 5 heteroatoms. The van der Waals surface area contributed by atoms with Crippen molar-refractivity contribution in [3.63, 3.8) is 0 Å². The largest absolute Gasteiger partial charge is 0.508 e. The van der Waals surface area contributed by atoms with Crippen LogP contribution in [0.2, 0.25) is 38.3 Å². The molecule has 0 aliphatic carbocycles. The van der Waals surface area contributed by atoms with Crippen molar-refractivity contribution >= 4 is 23.7 Å². The van der Waals surface area contributed by atoms with Crippen molar-refractivity contribution in [1.29, 1.82) is 0 Å². The predicted octanol–water partition coefficient (Wildman–Crippen LogP) is 2.89. The number of ether oxygens (including phenoxy) is 2. The molecule has 0 spiro atoms. The minimum Gasteiger partial charge on any atom is -0.434 e. The van der Waals surface area contributed by atoms with Crippen LogP contribution in [0.4, 0.5) is 4.79 Å². The van der Waals surface area contributed by atoms with Gasteiger partial charge >= 0.3 is 6.16 Å². The molecule has 0 unspecified atom stereocenters. The Hall–Kier alpha value is -0.296. The first-order valence-corrected chi connectivity index (χ1v) is 12.6. The average Bonchev–Trinajstić information content (AvgIpc) is 2.19. The van der Waals surface area contributed by atoms with Crippen molar-refractivity contribution < 1.29 is 14.3 Å². The van der Waals surface area contributed by atoms with E-state index in [9.17, 15) is 4.79 Å². The maximum Gasteiger partial charge on any atom is 0.508 e. The van der Waals surface area contributed by atoms with Crippen LogP contribution in [0.1, 0.15) is 12.8 Å². The van der Waals surface area contributed by atoms with Crippen LogP contribution in [-0.2, 0) is 9.47 Å². The lowest BCUT2D eigenvalue weighted by Gasteiger charge is -2.07. The minimum absolute atomic E-state index is 0.490. The van der Waals surface area contributed by atoms with Crippen LogP contribution < -0.4 is 0 Å². The van der Waals surface area contributed by atoms with E-state index in [1.807, 2.05) is 0 Å². The van der Waals surface area contributed by atoms with Crippen LogP contribution in [0.25, 0.3) is 0 Å². The molecule has 0 aromatic carbocycles. The topological polar surface area (TPSA) is 35.5 Å². The van der Waals surface area contributed by atoms with Crippen molar-refractivity contribution in [2.24, 2.45) is 0 Å². The Labute approximate surface area is 103 Å². The molecule has 0 aliphatic heterocycles. The van der Waals surface area contributed by atoms with Crippen molar-refractivity contribution in [2.75, 3.05) is 13.2 Å². The lowest BCUT2D eigenvalue weighted by Crippen LogP contribution is -2.11. The van der Waals surface area contributed by atoms with Gasteiger partial charge in [-0.3, -0.25) is 0 Å². The molecule has 0 radical (unpaired) electrons. The molecular weight excluding hydrogens is 236 g/mol. The van der Waals surface area contributed by atoms with Crippen molar-refractivity contribution in [3.05, 3.63) is 0 Å². The molecule has 0 N–H and O–H groups in total. The van der Waals surface area contributed by atoms with Crippen LogP contribution in [0.5, 0.6) is 0 Å². The fourth-order valence-corrected chi connectivity index (χ4v) is 3.30. The Bertz CT molecular complexity index is 166. The van der Waals surface area contributed by atoms with E-state index < -0.39 is 23.7 Å².